The van der Waals surface area contributed by atoms with Crippen molar-refractivity contribution in [1.82, 2.24) is 24.6 Å². The lowest BCUT2D eigenvalue weighted by Crippen LogP contribution is -2.35. The summed E-state index contributed by atoms with van der Waals surface area (Å²) < 4.78 is 2.32. The van der Waals surface area contributed by atoms with Crippen molar-refractivity contribution in [3.05, 3.63) is 43.3 Å². The van der Waals surface area contributed by atoms with Gasteiger partial charge < -0.3 is 4.98 Å². The lowest BCUT2D eigenvalue weighted by atomic mass is 10.1. The van der Waals surface area contributed by atoms with Crippen molar-refractivity contribution >= 4 is 12.2 Å². The zero-order valence-electron chi connectivity index (χ0n) is 12.5. The van der Waals surface area contributed by atoms with Crippen LogP contribution in [0.4, 0.5) is 0 Å². The van der Waals surface area contributed by atoms with E-state index in [4.69, 9.17) is 12.2 Å². The zero-order chi connectivity index (χ0) is 15.1. The Bertz CT molecular complexity index is 801. The molecular weight excluding hydrogens is 286 g/mol. The third-order valence-electron chi connectivity index (χ3n) is 4.23. The number of H-pyrrole nitrogens is 2. The molecule has 21 heavy (non-hydrogen) atoms. The standard InChI is InChI=1S/C14H19N5OS/c1-8-10(9(2)18(3)17-8)6-19-5-4-12-11(7-19)13(20)16-14(21)15-12/h4-7H2,1-3H3,(H2,15,16,20,21). The van der Waals surface area contributed by atoms with Crippen molar-refractivity contribution in [3.8, 4) is 0 Å². The molecule has 0 saturated carbocycles. The van der Waals surface area contributed by atoms with Gasteiger partial charge in [-0.05, 0) is 26.1 Å². The molecule has 0 bridgehead atoms. The first kappa shape index (κ1) is 14.2. The molecule has 112 valence electrons. The maximum atomic E-state index is 12.0. The van der Waals surface area contributed by atoms with Crippen molar-refractivity contribution in [2.45, 2.75) is 33.4 Å². The first-order chi connectivity index (χ1) is 9.95. The van der Waals surface area contributed by atoms with Crippen LogP contribution in [0.3, 0.4) is 0 Å². The number of nitrogens with zero attached hydrogens (tertiary/aromatic N) is 3. The van der Waals surface area contributed by atoms with E-state index < -0.39 is 0 Å². The van der Waals surface area contributed by atoms with Gasteiger partial charge in [0.1, 0.15) is 0 Å². The van der Waals surface area contributed by atoms with Gasteiger partial charge in [0.2, 0.25) is 0 Å². The Balaban J connectivity index is 1.87. The number of rotatable bonds is 2. The molecule has 3 rings (SSSR count). The number of hydrogen-bond acceptors (Lipinski definition) is 4. The number of fused-ring (bicyclic) bond motifs is 1. The number of aromatic nitrogens is 4. The summed E-state index contributed by atoms with van der Waals surface area (Å²) >= 11 is 5.02. The van der Waals surface area contributed by atoms with E-state index in [2.05, 4.69) is 26.9 Å². The van der Waals surface area contributed by atoms with E-state index in [-0.39, 0.29) is 5.56 Å². The van der Waals surface area contributed by atoms with Crippen LogP contribution in [0.15, 0.2) is 4.79 Å². The van der Waals surface area contributed by atoms with Crippen molar-refractivity contribution < 1.29 is 0 Å². The number of aryl methyl sites for hydroxylation is 2. The minimum Gasteiger partial charge on any atom is -0.335 e. The summed E-state index contributed by atoms with van der Waals surface area (Å²) in [5, 5.41) is 4.45. The molecule has 2 N–H and O–H groups in total. The minimum atomic E-state index is -0.0712. The molecule has 0 aliphatic carbocycles. The van der Waals surface area contributed by atoms with E-state index in [0.29, 0.717) is 11.3 Å². The molecule has 0 atom stereocenters. The molecule has 0 unspecified atom stereocenters. The largest absolute Gasteiger partial charge is 0.335 e. The van der Waals surface area contributed by atoms with Crippen molar-refractivity contribution in [2.75, 3.05) is 6.54 Å². The lowest BCUT2D eigenvalue weighted by Gasteiger charge is -2.27. The highest BCUT2D eigenvalue weighted by Gasteiger charge is 2.21. The van der Waals surface area contributed by atoms with Crippen LogP contribution in [-0.2, 0) is 26.6 Å². The molecule has 1 aliphatic heterocycles. The molecular formula is C14H19N5OS. The third-order valence-corrected chi connectivity index (χ3v) is 4.43. The molecule has 0 radical (unpaired) electrons. The van der Waals surface area contributed by atoms with Crippen LogP contribution >= 0.6 is 12.2 Å². The second-order valence-corrected chi connectivity index (χ2v) is 6.01. The van der Waals surface area contributed by atoms with E-state index in [9.17, 15) is 4.79 Å². The van der Waals surface area contributed by atoms with Crippen LogP contribution in [-0.4, -0.2) is 31.2 Å². The molecule has 6 nitrogen and oxygen atoms in total. The van der Waals surface area contributed by atoms with Gasteiger partial charge in [0.25, 0.3) is 5.56 Å². The first-order valence-corrected chi connectivity index (χ1v) is 7.42. The van der Waals surface area contributed by atoms with Gasteiger partial charge in [-0.3, -0.25) is 19.4 Å². The lowest BCUT2D eigenvalue weighted by molar-refractivity contribution is 0.240. The molecule has 2 aromatic rings. The molecule has 0 spiro atoms. The molecule has 2 aromatic heterocycles. The van der Waals surface area contributed by atoms with Gasteiger partial charge in [0.15, 0.2) is 4.77 Å². The van der Waals surface area contributed by atoms with Crippen LogP contribution in [0.2, 0.25) is 0 Å². The second kappa shape index (κ2) is 5.23. The molecule has 0 amide bonds. The monoisotopic (exact) mass is 305 g/mol. The summed E-state index contributed by atoms with van der Waals surface area (Å²) in [5.41, 5.74) is 5.19. The molecule has 1 aliphatic rings. The maximum absolute atomic E-state index is 12.0. The summed E-state index contributed by atoms with van der Waals surface area (Å²) in [5.74, 6) is 0. The fraction of sp³-hybridized carbons (Fsp3) is 0.500. The highest BCUT2D eigenvalue weighted by Crippen LogP contribution is 2.19. The van der Waals surface area contributed by atoms with Gasteiger partial charge in [-0.15, -0.1) is 0 Å². The molecule has 0 fully saturated rings. The highest BCUT2D eigenvalue weighted by molar-refractivity contribution is 7.71. The van der Waals surface area contributed by atoms with Crippen molar-refractivity contribution in [3.63, 3.8) is 0 Å². The number of nitrogens with one attached hydrogen (secondary N) is 2. The smallest absolute Gasteiger partial charge is 0.256 e. The number of hydrogen-bond donors (Lipinski definition) is 2. The van der Waals surface area contributed by atoms with Crippen molar-refractivity contribution in [2.24, 2.45) is 7.05 Å². The van der Waals surface area contributed by atoms with Crippen LogP contribution in [0.5, 0.6) is 0 Å². The quantitative estimate of drug-likeness (QED) is 0.822. The summed E-state index contributed by atoms with van der Waals surface area (Å²) in [6, 6.07) is 0. The van der Waals surface area contributed by atoms with E-state index in [0.717, 1.165) is 36.5 Å². The van der Waals surface area contributed by atoms with Crippen LogP contribution < -0.4 is 5.56 Å². The van der Waals surface area contributed by atoms with Gasteiger partial charge in [-0.1, -0.05) is 0 Å². The van der Waals surface area contributed by atoms with Crippen LogP contribution in [0.25, 0.3) is 0 Å². The van der Waals surface area contributed by atoms with Crippen molar-refractivity contribution in [1.29, 1.82) is 0 Å². The van der Waals surface area contributed by atoms with E-state index >= 15 is 0 Å². The zero-order valence-corrected chi connectivity index (χ0v) is 13.3. The van der Waals surface area contributed by atoms with E-state index in [1.807, 2.05) is 18.7 Å². The Morgan fingerprint density at radius 3 is 2.76 bits per heavy atom. The summed E-state index contributed by atoms with van der Waals surface area (Å²) in [6.45, 7) is 6.49. The maximum Gasteiger partial charge on any atom is 0.256 e. The third kappa shape index (κ3) is 2.58. The molecule has 0 saturated heterocycles. The summed E-state index contributed by atoms with van der Waals surface area (Å²) in [6.07, 6.45) is 0.821. The fourth-order valence-electron chi connectivity index (χ4n) is 2.92. The predicted molar refractivity (Wildman–Crippen MR) is 82.7 cm³/mol. The summed E-state index contributed by atoms with van der Waals surface area (Å²) in [7, 11) is 1.96. The van der Waals surface area contributed by atoms with Gasteiger partial charge >= 0.3 is 0 Å². The first-order valence-electron chi connectivity index (χ1n) is 7.01. The normalized spacial score (nSPS) is 15.2. The van der Waals surface area contributed by atoms with Crippen LogP contribution in [0, 0.1) is 18.6 Å². The van der Waals surface area contributed by atoms with E-state index in [1.165, 1.54) is 11.3 Å². The van der Waals surface area contributed by atoms with Gasteiger partial charge in [0.05, 0.1) is 11.3 Å². The average molecular weight is 305 g/mol. The Morgan fingerprint density at radius 2 is 2.10 bits per heavy atom. The van der Waals surface area contributed by atoms with Gasteiger partial charge in [-0.2, -0.15) is 5.10 Å². The molecule has 0 aromatic carbocycles. The topological polar surface area (TPSA) is 69.7 Å². The average Bonchev–Trinajstić information content (AvgIpc) is 2.66. The van der Waals surface area contributed by atoms with Crippen LogP contribution in [0.1, 0.15) is 28.2 Å². The SMILES string of the molecule is Cc1nn(C)c(C)c1CN1CCc2[nH]c(=S)[nH]c(=O)c2C1. The Morgan fingerprint density at radius 1 is 1.33 bits per heavy atom. The summed E-state index contributed by atoms with van der Waals surface area (Å²) in [4.78, 5) is 20.1. The Kier molecular flexibility index (Phi) is 3.54. The number of aromatic amines is 2. The highest BCUT2D eigenvalue weighted by atomic mass is 32.1. The van der Waals surface area contributed by atoms with Gasteiger partial charge in [-0.25, -0.2) is 0 Å². The Hall–Kier alpha value is -1.73. The van der Waals surface area contributed by atoms with Gasteiger partial charge in [0, 0.05) is 50.1 Å². The molecule has 7 heteroatoms. The molecule has 3 heterocycles. The minimum absolute atomic E-state index is 0.0712. The fourth-order valence-corrected chi connectivity index (χ4v) is 3.13. The predicted octanol–water partition coefficient (Wildman–Crippen LogP) is 1.34. The van der Waals surface area contributed by atoms with E-state index in [1.54, 1.807) is 0 Å². The Labute approximate surface area is 127 Å². The second-order valence-electron chi connectivity index (χ2n) is 5.60.